The van der Waals surface area contributed by atoms with Crippen LogP contribution in [0.2, 0.25) is 0 Å². The first kappa shape index (κ1) is 20.5. The van der Waals surface area contributed by atoms with Gasteiger partial charge >= 0.3 is 5.69 Å². The van der Waals surface area contributed by atoms with Crippen molar-refractivity contribution in [1.29, 1.82) is 0 Å². The molecule has 0 spiro atoms. The Morgan fingerprint density at radius 1 is 1.17 bits per heavy atom. The normalized spacial score (nSPS) is 17.2. The third-order valence-corrected chi connectivity index (χ3v) is 7.83. The fraction of sp³-hybridized carbons (Fsp3) is 0.409. The minimum Gasteiger partial charge on any atom is -0.294 e. The van der Waals surface area contributed by atoms with Crippen LogP contribution in [-0.2, 0) is 9.84 Å². The Kier molecular flexibility index (Phi) is 4.73. The van der Waals surface area contributed by atoms with Crippen molar-refractivity contribution in [2.24, 2.45) is 5.41 Å². The van der Waals surface area contributed by atoms with Gasteiger partial charge in [0.25, 0.3) is 0 Å². The number of rotatable bonds is 5. The Hall–Kier alpha value is -2.74. The summed E-state index contributed by atoms with van der Waals surface area (Å²) in [5.74, 6) is -0.0231. The summed E-state index contributed by atoms with van der Waals surface area (Å²) in [6.45, 7) is 7.60. The average Bonchev–Trinajstić information content (AvgIpc) is 2.90. The van der Waals surface area contributed by atoms with Gasteiger partial charge in [-0.1, -0.05) is 6.92 Å². The van der Waals surface area contributed by atoms with Gasteiger partial charge in [0.15, 0.2) is 15.6 Å². The van der Waals surface area contributed by atoms with Crippen LogP contribution < -0.4 is 5.69 Å². The number of hydrogen-bond acceptors (Lipinski definition) is 5. The molecular weight excluding hydrogens is 402 g/mol. The maximum absolute atomic E-state index is 13.2. The van der Waals surface area contributed by atoms with Gasteiger partial charge in [0, 0.05) is 29.6 Å². The van der Waals surface area contributed by atoms with Crippen LogP contribution in [0.1, 0.15) is 49.2 Å². The van der Waals surface area contributed by atoms with Gasteiger partial charge in [-0.2, -0.15) is 0 Å². The zero-order valence-corrected chi connectivity index (χ0v) is 18.4. The van der Waals surface area contributed by atoms with Crippen molar-refractivity contribution in [2.75, 3.05) is 11.5 Å². The van der Waals surface area contributed by atoms with Crippen LogP contribution in [-0.4, -0.2) is 39.8 Å². The van der Waals surface area contributed by atoms with Crippen molar-refractivity contribution in [3.8, 4) is 5.69 Å². The average molecular weight is 428 g/mol. The Morgan fingerprint density at radius 2 is 1.87 bits per heavy atom. The van der Waals surface area contributed by atoms with Crippen molar-refractivity contribution in [1.82, 2.24) is 14.1 Å². The van der Waals surface area contributed by atoms with Gasteiger partial charge in [0.05, 0.1) is 34.4 Å². The van der Waals surface area contributed by atoms with Gasteiger partial charge in [-0.3, -0.25) is 18.9 Å². The summed E-state index contributed by atoms with van der Waals surface area (Å²) < 4.78 is 26.4. The van der Waals surface area contributed by atoms with E-state index in [1.165, 1.54) is 0 Å². The Labute approximate surface area is 175 Å². The van der Waals surface area contributed by atoms with Crippen LogP contribution in [0, 0.1) is 12.3 Å². The number of fused-ring (bicyclic) bond motifs is 1. The third kappa shape index (κ3) is 3.49. The molecule has 3 aromatic rings. The summed E-state index contributed by atoms with van der Waals surface area (Å²) in [4.78, 5) is 30.3. The number of carbonyl (C=O) groups is 1. The van der Waals surface area contributed by atoms with Crippen LogP contribution in [0.3, 0.4) is 0 Å². The molecule has 2 aromatic heterocycles. The van der Waals surface area contributed by atoms with Crippen LogP contribution in [0.25, 0.3) is 16.7 Å². The van der Waals surface area contributed by atoms with Crippen LogP contribution in [0.4, 0.5) is 0 Å². The Bertz CT molecular complexity index is 1320. The van der Waals surface area contributed by atoms with E-state index in [9.17, 15) is 18.0 Å². The van der Waals surface area contributed by atoms with Crippen molar-refractivity contribution < 1.29 is 13.2 Å². The molecule has 0 atom stereocenters. The highest BCUT2D eigenvalue weighted by Crippen LogP contribution is 2.37. The lowest BCUT2D eigenvalue weighted by Gasteiger charge is -2.37. The second-order valence-electron chi connectivity index (χ2n) is 8.95. The summed E-state index contributed by atoms with van der Waals surface area (Å²) in [5, 5.41) is 0. The molecule has 1 saturated heterocycles. The molecule has 7 nitrogen and oxygen atoms in total. The number of imidazole rings is 1. The number of carbonyl (C=O) groups excluding carboxylic acids is 1. The summed E-state index contributed by atoms with van der Waals surface area (Å²) in [6.07, 6.45) is 3.55. The molecule has 1 fully saturated rings. The quantitative estimate of drug-likeness (QED) is 0.584. The number of aromatic nitrogens is 3. The largest absolute Gasteiger partial charge is 0.334 e. The molecule has 8 heteroatoms. The molecule has 0 saturated carbocycles. The number of nitrogens with zero attached hydrogens (tertiary/aromatic N) is 3. The minimum atomic E-state index is -3.01. The van der Waals surface area contributed by atoms with E-state index >= 15 is 0 Å². The number of Topliss-reactive ketones (excluding diaryl/α,β-unsaturated/α-hetero) is 1. The highest BCUT2D eigenvalue weighted by molar-refractivity contribution is 7.92. The molecule has 1 aliphatic rings. The van der Waals surface area contributed by atoms with Crippen LogP contribution in [0.5, 0.6) is 0 Å². The second-order valence-corrected chi connectivity index (χ2v) is 11.0. The summed E-state index contributed by atoms with van der Waals surface area (Å²) in [6, 6.07) is 7.04. The molecular formula is C22H25N3O4S. The maximum atomic E-state index is 13.2. The summed E-state index contributed by atoms with van der Waals surface area (Å²) in [7, 11) is -3.01. The number of aryl methyl sites for hydroxylation is 1. The van der Waals surface area contributed by atoms with E-state index in [-0.39, 0.29) is 35.4 Å². The molecule has 0 aliphatic carbocycles. The van der Waals surface area contributed by atoms with Gasteiger partial charge in [-0.05, 0) is 50.6 Å². The molecule has 30 heavy (non-hydrogen) atoms. The van der Waals surface area contributed by atoms with E-state index in [0.29, 0.717) is 22.3 Å². The first-order valence-electron chi connectivity index (χ1n) is 9.92. The summed E-state index contributed by atoms with van der Waals surface area (Å²) in [5.41, 5.74) is 2.79. The van der Waals surface area contributed by atoms with Crippen molar-refractivity contribution in [2.45, 2.75) is 40.2 Å². The molecule has 3 heterocycles. The summed E-state index contributed by atoms with van der Waals surface area (Å²) >= 11 is 0. The topological polar surface area (TPSA) is 91.0 Å². The van der Waals surface area contributed by atoms with E-state index in [1.54, 1.807) is 39.7 Å². The van der Waals surface area contributed by atoms with Gasteiger partial charge < -0.3 is 0 Å². The molecule has 4 rings (SSSR count). The zero-order chi connectivity index (χ0) is 21.8. The zero-order valence-electron chi connectivity index (χ0n) is 17.5. The molecule has 0 bridgehead atoms. The van der Waals surface area contributed by atoms with E-state index in [2.05, 4.69) is 4.98 Å². The number of ketones is 1. The first-order valence-corrected chi connectivity index (χ1v) is 11.7. The highest BCUT2D eigenvalue weighted by Gasteiger charge is 2.45. The molecule has 0 unspecified atom stereocenters. The first-order chi connectivity index (χ1) is 14.0. The van der Waals surface area contributed by atoms with Gasteiger partial charge in [0.1, 0.15) is 0 Å². The molecule has 0 amide bonds. The molecule has 1 aliphatic heterocycles. The van der Waals surface area contributed by atoms with Crippen molar-refractivity contribution in [3.05, 3.63) is 58.3 Å². The Balaban J connectivity index is 1.80. The number of benzene rings is 1. The van der Waals surface area contributed by atoms with Gasteiger partial charge in [-0.15, -0.1) is 0 Å². The van der Waals surface area contributed by atoms with Gasteiger partial charge in [0.2, 0.25) is 0 Å². The van der Waals surface area contributed by atoms with E-state index < -0.39 is 15.3 Å². The number of hydrogen-bond donors (Lipinski definition) is 0. The van der Waals surface area contributed by atoms with Crippen molar-refractivity contribution in [3.63, 3.8) is 0 Å². The molecule has 158 valence electrons. The fourth-order valence-electron chi connectivity index (χ4n) is 4.41. The van der Waals surface area contributed by atoms with Crippen LogP contribution >= 0.6 is 0 Å². The monoisotopic (exact) mass is 427 g/mol. The molecule has 0 N–H and O–H groups in total. The molecule has 1 aromatic carbocycles. The predicted octanol–water partition coefficient (Wildman–Crippen LogP) is 3.08. The lowest BCUT2D eigenvalue weighted by Crippen LogP contribution is -2.47. The van der Waals surface area contributed by atoms with Gasteiger partial charge in [-0.25, -0.2) is 13.2 Å². The predicted molar refractivity (Wildman–Crippen MR) is 116 cm³/mol. The Morgan fingerprint density at radius 3 is 2.47 bits per heavy atom. The van der Waals surface area contributed by atoms with E-state index in [4.69, 9.17) is 0 Å². The fourth-order valence-corrected chi connectivity index (χ4v) is 6.66. The minimum absolute atomic E-state index is 0.0431. The SMILES string of the molecule is Cc1cncc(-n2c(=O)n(C(C)C)c3cc(C(=O)CC4(C)CS(=O)(=O)C4)ccc32)c1. The molecule has 0 radical (unpaired) electrons. The second kappa shape index (κ2) is 6.91. The smallest absolute Gasteiger partial charge is 0.294 e. The number of pyridine rings is 1. The van der Waals surface area contributed by atoms with E-state index in [1.807, 2.05) is 33.8 Å². The standard InChI is InChI=1S/C22H25N3O4S/c1-14(2)24-19-8-16(20(26)9-22(4)12-30(28,29)13-22)5-6-18(19)25(21(24)27)17-7-15(3)10-23-11-17/h5-8,10-11,14H,9,12-13H2,1-4H3. The van der Waals surface area contributed by atoms with Crippen LogP contribution in [0.15, 0.2) is 41.5 Å². The van der Waals surface area contributed by atoms with E-state index in [0.717, 1.165) is 5.56 Å². The lowest BCUT2D eigenvalue weighted by atomic mass is 9.86. The number of sulfone groups is 1. The van der Waals surface area contributed by atoms with Crippen molar-refractivity contribution >= 4 is 26.7 Å². The maximum Gasteiger partial charge on any atom is 0.334 e. The highest BCUT2D eigenvalue weighted by atomic mass is 32.2. The third-order valence-electron chi connectivity index (χ3n) is 5.55. The lowest BCUT2D eigenvalue weighted by molar-refractivity contribution is 0.0936.